The standard InChI is InChI=1S/C27H20ClF3N2OS/c1-15-12-17(6-11-22(15)30)26-25-24(16(2)13-34-26)32-27(33(25)19-9-7-18(29)8-10-19)35-14-20-21(28)4-3-5-23(20)31/h3-12,26H,2,13-14H2,1H3. The molecule has 0 aliphatic carbocycles. The SMILES string of the molecule is C=C1COC(c2ccc(F)c(C)c2)c2c1nc(SCc1c(F)cccc1Cl)n2-c1ccc(F)cc1. The van der Waals surface area contributed by atoms with E-state index >= 15 is 0 Å². The molecule has 5 rings (SSSR count). The Kier molecular flexibility index (Phi) is 6.49. The van der Waals surface area contributed by atoms with Gasteiger partial charge in [0.1, 0.15) is 23.6 Å². The first-order valence-corrected chi connectivity index (χ1v) is 12.2. The van der Waals surface area contributed by atoms with Crippen LogP contribution in [-0.2, 0) is 10.5 Å². The van der Waals surface area contributed by atoms with Gasteiger partial charge in [-0.2, -0.15) is 0 Å². The molecule has 4 aromatic rings. The average Bonchev–Trinajstić information content (AvgIpc) is 3.22. The molecule has 8 heteroatoms. The summed E-state index contributed by atoms with van der Waals surface area (Å²) in [5, 5.41) is 0.881. The van der Waals surface area contributed by atoms with E-state index in [4.69, 9.17) is 21.3 Å². The van der Waals surface area contributed by atoms with Crippen molar-refractivity contribution in [2.45, 2.75) is 23.9 Å². The van der Waals surface area contributed by atoms with Gasteiger partial charge in [-0.25, -0.2) is 18.2 Å². The maximum absolute atomic E-state index is 14.4. The number of nitrogens with zero attached hydrogens (tertiary/aromatic N) is 2. The van der Waals surface area contributed by atoms with Crippen LogP contribution in [0.2, 0.25) is 5.02 Å². The average molecular weight is 513 g/mol. The Morgan fingerprint density at radius 2 is 1.86 bits per heavy atom. The number of halogens is 4. The molecule has 0 radical (unpaired) electrons. The molecule has 1 aromatic heterocycles. The molecule has 35 heavy (non-hydrogen) atoms. The Bertz CT molecular complexity index is 1420. The lowest BCUT2D eigenvalue weighted by molar-refractivity contribution is 0.0963. The highest BCUT2D eigenvalue weighted by atomic mass is 35.5. The van der Waals surface area contributed by atoms with E-state index in [0.29, 0.717) is 44.0 Å². The van der Waals surface area contributed by atoms with E-state index in [2.05, 4.69) is 6.58 Å². The zero-order chi connectivity index (χ0) is 24.7. The molecule has 0 N–H and O–H groups in total. The molecule has 1 unspecified atom stereocenters. The zero-order valence-corrected chi connectivity index (χ0v) is 20.3. The van der Waals surface area contributed by atoms with Crippen molar-refractivity contribution < 1.29 is 17.9 Å². The zero-order valence-electron chi connectivity index (χ0n) is 18.7. The Morgan fingerprint density at radius 1 is 1.09 bits per heavy atom. The molecule has 2 heterocycles. The third-order valence-corrected chi connectivity index (χ3v) is 7.19. The Hall–Kier alpha value is -3.00. The summed E-state index contributed by atoms with van der Waals surface area (Å²) in [6.45, 7) is 6.05. The molecule has 1 aliphatic rings. The van der Waals surface area contributed by atoms with Crippen LogP contribution in [-0.4, -0.2) is 16.2 Å². The summed E-state index contributed by atoms with van der Waals surface area (Å²) in [5.74, 6) is -0.848. The van der Waals surface area contributed by atoms with Crippen LogP contribution in [0.5, 0.6) is 0 Å². The first-order chi connectivity index (χ1) is 16.8. The molecule has 178 valence electrons. The molecule has 0 bridgehead atoms. The van der Waals surface area contributed by atoms with Gasteiger partial charge in [-0.15, -0.1) is 0 Å². The topological polar surface area (TPSA) is 27.1 Å². The van der Waals surface area contributed by atoms with Gasteiger partial charge in [0.25, 0.3) is 0 Å². The quantitative estimate of drug-likeness (QED) is 0.257. The number of imidazole rings is 1. The number of fused-ring (bicyclic) bond motifs is 1. The summed E-state index contributed by atoms with van der Waals surface area (Å²) in [6.07, 6.45) is -0.557. The third kappa shape index (κ3) is 4.51. The predicted octanol–water partition coefficient (Wildman–Crippen LogP) is 7.68. The number of benzene rings is 3. The first kappa shape index (κ1) is 23.7. The summed E-state index contributed by atoms with van der Waals surface area (Å²) in [4.78, 5) is 4.83. The van der Waals surface area contributed by atoms with Gasteiger partial charge in [0, 0.05) is 22.0 Å². The van der Waals surface area contributed by atoms with E-state index in [-0.39, 0.29) is 24.0 Å². The molecule has 0 saturated carbocycles. The lowest BCUT2D eigenvalue weighted by Crippen LogP contribution is -2.19. The number of aromatic nitrogens is 2. The van der Waals surface area contributed by atoms with Crippen LogP contribution in [0, 0.1) is 24.4 Å². The van der Waals surface area contributed by atoms with Gasteiger partial charge in [-0.1, -0.05) is 48.1 Å². The maximum Gasteiger partial charge on any atom is 0.173 e. The number of rotatable bonds is 5. The summed E-state index contributed by atoms with van der Waals surface area (Å²) in [7, 11) is 0. The highest BCUT2D eigenvalue weighted by Crippen LogP contribution is 2.42. The lowest BCUT2D eigenvalue weighted by Gasteiger charge is -2.27. The van der Waals surface area contributed by atoms with Gasteiger partial charge in [0.15, 0.2) is 5.16 Å². The van der Waals surface area contributed by atoms with Gasteiger partial charge in [-0.05, 0) is 66.1 Å². The smallest absolute Gasteiger partial charge is 0.173 e. The molecule has 1 aliphatic heterocycles. The van der Waals surface area contributed by atoms with Gasteiger partial charge < -0.3 is 4.74 Å². The number of ether oxygens (including phenoxy) is 1. The van der Waals surface area contributed by atoms with Crippen molar-refractivity contribution in [3.8, 4) is 5.69 Å². The maximum atomic E-state index is 14.4. The van der Waals surface area contributed by atoms with Crippen molar-refractivity contribution >= 4 is 28.9 Å². The van der Waals surface area contributed by atoms with E-state index in [0.717, 1.165) is 5.56 Å². The Balaban J connectivity index is 1.66. The molecule has 0 fully saturated rings. The summed E-state index contributed by atoms with van der Waals surface area (Å²) in [6, 6.07) is 15.4. The van der Waals surface area contributed by atoms with Crippen molar-refractivity contribution in [1.29, 1.82) is 0 Å². The number of hydrogen-bond donors (Lipinski definition) is 0. The second kappa shape index (κ2) is 9.57. The van der Waals surface area contributed by atoms with E-state index in [1.807, 2.05) is 4.57 Å². The molecular formula is C27H20ClF3N2OS. The van der Waals surface area contributed by atoms with Crippen LogP contribution in [0.1, 0.15) is 34.2 Å². The minimum absolute atomic E-state index is 0.232. The second-order valence-electron chi connectivity index (χ2n) is 8.23. The second-order valence-corrected chi connectivity index (χ2v) is 9.58. The molecule has 0 saturated heterocycles. The minimum atomic E-state index is -0.557. The van der Waals surface area contributed by atoms with Gasteiger partial charge in [0.05, 0.1) is 18.0 Å². The number of aryl methyl sites for hydroxylation is 1. The van der Waals surface area contributed by atoms with Crippen LogP contribution in [0.15, 0.2) is 72.4 Å². The number of thioether (sulfide) groups is 1. The highest BCUT2D eigenvalue weighted by molar-refractivity contribution is 7.98. The van der Waals surface area contributed by atoms with Crippen LogP contribution < -0.4 is 0 Å². The summed E-state index contributed by atoms with van der Waals surface area (Å²) >= 11 is 7.54. The predicted molar refractivity (Wildman–Crippen MR) is 132 cm³/mol. The van der Waals surface area contributed by atoms with E-state index in [1.54, 1.807) is 43.3 Å². The van der Waals surface area contributed by atoms with E-state index < -0.39 is 11.9 Å². The lowest BCUT2D eigenvalue weighted by atomic mass is 9.98. The molecular weight excluding hydrogens is 493 g/mol. The largest absolute Gasteiger partial charge is 0.362 e. The third-order valence-electron chi connectivity index (χ3n) is 5.87. The molecule has 1 atom stereocenters. The van der Waals surface area contributed by atoms with Crippen molar-refractivity contribution in [2.24, 2.45) is 0 Å². The van der Waals surface area contributed by atoms with Crippen LogP contribution in [0.3, 0.4) is 0 Å². The van der Waals surface area contributed by atoms with Crippen LogP contribution in [0.4, 0.5) is 13.2 Å². The minimum Gasteiger partial charge on any atom is -0.362 e. The van der Waals surface area contributed by atoms with Gasteiger partial charge >= 0.3 is 0 Å². The van der Waals surface area contributed by atoms with E-state index in [9.17, 15) is 13.2 Å². The monoisotopic (exact) mass is 512 g/mol. The van der Waals surface area contributed by atoms with Crippen LogP contribution in [0.25, 0.3) is 11.3 Å². The van der Waals surface area contributed by atoms with Crippen molar-refractivity contribution in [2.75, 3.05) is 6.61 Å². The van der Waals surface area contributed by atoms with Crippen molar-refractivity contribution in [1.82, 2.24) is 9.55 Å². The summed E-state index contributed by atoms with van der Waals surface area (Å²) in [5.41, 5.74) is 4.30. The fourth-order valence-corrected chi connectivity index (χ4v) is 5.44. The fourth-order valence-electron chi connectivity index (χ4n) is 4.07. The molecule has 0 amide bonds. The van der Waals surface area contributed by atoms with Gasteiger partial charge in [-0.3, -0.25) is 4.57 Å². The summed E-state index contributed by atoms with van der Waals surface area (Å²) < 4.78 is 50.2. The normalized spacial score (nSPS) is 15.3. The fraction of sp³-hybridized carbons (Fsp3) is 0.148. The molecule has 0 spiro atoms. The van der Waals surface area contributed by atoms with Gasteiger partial charge in [0.2, 0.25) is 0 Å². The molecule has 3 aromatic carbocycles. The molecule has 3 nitrogen and oxygen atoms in total. The number of hydrogen-bond acceptors (Lipinski definition) is 3. The van der Waals surface area contributed by atoms with Crippen molar-refractivity contribution in [3.05, 3.63) is 118 Å². The van der Waals surface area contributed by atoms with Crippen molar-refractivity contribution in [3.63, 3.8) is 0 Å². The van der Waals surface area contributed by atoms with E-state index in [1.165, 1.54) is 36.0 Å². The Morgan fingerprint density at radius 3 is 2.57 bits per heavy atom. The highest BCUT2D eigenvalue weighted by Gasteiger charge is 2.33. The first-order valence-electron chi connectivity index (χ1n) is 10.8. The Labute approximate surface area is 210 Å². The van der Waals surface area contributed by atoms with Crippen LogP contribution >= 0.6 is 23.4 Å².